The van der Waals surface area contributed by atoms with Crippen LogP contribution in [0.2, 0.25) is 0 Å². The summed E-state index contributed by atoms with van der Waals surface area (Å²) in [4.78, 5) is 68.6. The SMILES string of the molecule is CCCCCCCCC=CCCCCCCCC(=O)N1CCN(C(=O)CCNC(=O)C(OC(=O)c2ccccc2)C(C)(C)COC(=O)c2ccccc2)CC1. The Bertz CT molecular complexity index is 1470. The lowest BCUT2D eigenvalue weighted by Gasteiger charge is -2.35. The van der Waals surface area contributed by atoms with Crippen LogP contribution in [0.4, 0.5) is 0 Å². The molecule has 0 aromatic heterocycles. The fourth-order valence-electron chi connectivity index (χ4n) is 6.56. The van der Waals surface area contributed by atoms with Gasteiger partial charge in [-0.05, 0) is 56.4 Å². The Morgan fingerprint density at radius 3 is 1.67 bits per heavy atom. The van der Waals surface area contributed by atoms with Crippen molar-refractivity contribution >= 4 is 29.7 Å². The molecule has 0 aliphatic carbocycles. The highest BCUT2D eigenvalue weighted by Crippen LogP contribution is 2.26. The number of ether oxygens (including phenoxy) is 2. The van der Waals surface area contributed by atoms with E-state index in [1.807, 2.05) is 4.90 Å². The summed E-state index contributed by atoms with van der Waals surface area (Å²) in [5.74, 6) is -1.82. The number of unbranched alkanes of at least 4 members (excludes halogenated alkanes) is 11. The zero-order chi connectivity index (χ0) is 39.7. The molecule has 1 saturated heterocycles. The van der Waals surface area contributed by atoms with Gasteiger partial charge in [0.05, 0.1) is 11.1 Å². The van der Waals surface area contributed by atoms with E-state index in [0.717, 1.165) is 25.7 Å². The molecule has 1 N–H and O–H groups in total. The Hall–Kier alpha value is -4.47. The highest BCUT2D eigenvalue weighted by Gasteiger charge is 2.40. The standard InChI is InChI=1S/C45H65N3O7/c1-4-5-6-7-8-9-10-11-12-13-14-15-16-17-24-29-39(49)47-32-34-48(35-33-47)40(50)30-31-46-42(51)41(55-44(53)38-27-22-19-23-28-38)45(2,3)36-54-43(52)37-25-20-18-21-26-37/h11-12,18-23,25-28,41H,4-10,13-17,24,29-36H2,1-3H3,(H,46,51). The Morgan fingerprint density at radius 2 is 1.13 bits per heavy atom. The Morgan fingerprint density at radius 1 is 0.655 bits per heavy atom. The minimum atomic E-state index is -1.31. The van der Waals surface area contributed by atoms with Gasteiger partial charge in [-0.3, -0.25) is 14.4 Å². The molecular weight excluding hydrogens is 695 g/mol. The lowest BCUT2D eigenvalue weighted by atomic mass is 9.86. The Balaban J connectivity index is 1.34. The van der Waals surface area contributed by atoms with E-state index >= 15 is 0 Å². The minimum Gasteiger partial charge on any atom is -0.461 e. The van der Waals surface area contributed by atoms with Crippen molar-refractivity contribution in [2.75, 3.05) is 39.3 Å². The van der Waals surface area contributed by atoms with E-state index in [4.69, 9.17) is 9.47 Å². The fraction of sp³-hybridized carbons (Fsp3) is 0.578. The third kappa shape index (κ3) is 17.3. The molecule has 1 heterocycles. The van der Waals surface area contributed by atoms with Gasteiger partial charge in [0.1, 0.15) is 6.61 Å². The lowest BCUT2D eigenvalue weighted by molar-refractivity contribution is -0.140. The molecule has 1 aliphatic rings. The fourth-order valence-corrected chi connectivity index (χ4v) is 6.56. The van der Waals surface area contributed by atoms with E-state index in [9.17, 15) is 24.0 Å². The van der Waals surface area contributed by atoms with Crippen molar-refractivity contribution < 1.29 is 33.4 Å². The molecule has 0 radical (unpaired) electrons. The van der Waals surface area contributed by atoms with Crippen molar-refractivity contribution in [1.82, 2.24) is 15.1 Å². The molecule has 2 aromatic rings. The number of piperazine rings is 1. The molecular formula is C45H65N3O7. The van der Waals surface area contributed by atoms with Gasteiger partial charge in [0.2, 0.25) is 11.8 Å². The summed E-state index contributed by atoms with van der Waals surface area (Å²) in [7, 11) is 0. The molecule has 0 bridgehead atoms. The molecule has 55 heavy (non-hydrogen) atoms. The van der Waals surface area contributed by atoms with Crippen LogP contribution in [0.15, 0.2) is 72.8 Å². The number of hydrogen-bond acceptors (Lipinski definition) is 7. The van der Waals surface area contributed by atoms with Crippen LogP contribution >= 0.6 is 0 Å². The number of nitrogens with one attached hydrogen (secondary N) is 1. The maximum absolute atomic E-state index is 13.5. The van der Waals surface area contributed by atoms with Crippen LogP contribution in [0.5, 0.6) is 0 Å². The molecule has 3 amide bonds. The van der Waals surface area contributed by atoms with E-state index in [1.54, 1.807) is 79.4 Å². The molecule has 10 nitrogen and oxygen atoms in total. The third-order valence-electron chi connectivity index (χ3n) is 10.0. The van der Waals surface area contributed by atoms with Crippen LogP contribution in [0.1, 0.15) is 138 Å². The first kappa shape index (κ1) is 44.9. The van der Waals surface area contributed by atoms with Gasteiger partial charge in [-0.2, -0.15) is 0 Å². The number of rotatable bonds is 25. The zero-order valence-corrected chi connectivity index (χ0v) is 33.6. The summed E-state index contributed by atoms with van der Waals surface area (Å²) in [6.07, 6.45) is 19.8. The van der Waals surface area contributed by atoms with E-state index in [1.165, 1.54) is 57.8 Å². The van der Waals surface area contributed by atoms with Gasteiger partial charge in [0.25, 0.3) is 5.91 Å². The van der Waals surface area contributed by atoms with Crippen LogP contribution in [0, 0.1) is 5.41 Å². The first-order valence-corrected chi connectivity index (χ1v) is 20.6. The average molecular weight is 760 g/mol. The van der Waals surface area contributed by atoms with Gasteiger partial charge in [-0.15, -0.1) is 0 Å². The first-order valence-electron chi connectivity index (χ1n) is 20.6. The lowest BCUT2D eigenvalue weighted by Crippen LogP contribution is -2.51. The molecule has 10 heteroatoms. The van der Waals surface area contributed by atoms with Gasteiger partial charge in [0.15, 0.2) is 6.10 Å². The van der Waals surface area contributed by atoms with Gasteiger partial charge in [-0.25, -0.2) is 9.59 Å². The molecule has 0 saturated carbocycles. The monoisotopic (exact) mass is 759 g/mol. The van der Waals surface area contributed by atoms with Gasteiger partial charge < -0.3 is 24.6 Å². The molecule has 1 unspecified atom stereocenters. The van der Waals surface area contributed by atoms with Crippen molar-refractivity contribution in [3.8, 4) is 0 Å². The summed E-state index contributed by atoms with van der Waals surface area (Å²) in [5.41, 5.74) is -0.462. The van der Waals surface area contributed by atoms with Crippen molar-refractivity contribution in [3.63, 3.8) is 0 Å². The second kappa shape index (κ2) is 25.6. The molecule has 1 aliphatic heterocycles. The maximum atomic E-state index is 13.5. The molecule has 1 atom stereocenters. The average Bonchev–Trinajstić information content (AvgIpc) is 3.20. The topological polar surface area (TPSA) is 122 Å². The molecule has 3 rings (SSSR count). The summed E-state index contributed by atoms with van der Waals surface area (Å²) in [5, 5.41) is 2.75. The quantitative estimate of drug-likeness (QED) is 0.0614. The van der Waals surface area contributed by atoms with Gasteiger partial charge in [-0.1, -0.05) is 121 Å². The first-order chi connectivity index (χ1) is 26.6. The summed E-state index contributed by atoms with van der Waals surface area (Å²) < 4.78 is 11.2. The third-order valence-corrected chi connectivity index (χ3v) is 10.0. The predicted octanol–water partition coefficient (Wildman–Crippen LogP) is 8.31. The largest absolute Gasteiger partial charge is 0.461 e. The van der Waals surface area contributed by atoms with Crippen LogP contribution in [0.3, 0.4) is 0 Å². The van der Waals surface area contributed by atoms with Crippen LogP contribution in [-0.2, 0) is 23.9 Å². The van der Waals surface area contributed by atoms with Crippen LogP contribution < -0.4 is 5.32 Å². The number of carbonyl (C=O) groups is 5. The van der Waals surface area contributed by atoms with Crippen molar-refractivity contribution in [2.45, 2.75) is 123 Å². The van der Waals surface area contributed by atoms with Crippen LogP contribution in [0.25, 0.3) is 0 Å². The minimum absolute atomic E-state index is 0.0333. The molecule has 0 spiro atoms. The van der Waals surface area contributed by atoms with E-state index in [-0.39, 0.29) is 37.0 Å². The normalized spacial score (nSPS) is 13.7. The van der Waals surface area contributed by atoms with Gasteiger partial charge in [0, 0.05) is 51.0 Å². The summed E-state index contributed by atoms with van der Waals surface area (Å²) >= 11 is 0. The van der Waals surface area contributed by atoms with Crippen molar-refractivity contribution in [1.29, 1.82) is 0 Å². The number of esters is 2. The predicted molar refractivity (Wildman–Crippen MR) is 216 cm³/mol. The summed E-state index contributed by atoms with van der Waals surface area (Å²) in [6.45, 7) is 7.33. The summed E-state index contributed by atoms with van der Waals surface area (Å²) in [6, 6.07) is 16.8. The molecule has 302 valence electrons. The second-order valence-electron chi connectivity index (χ2n) is 15.2. The van der Waals surface area contributed by atoms with Gasteiger partial charge >= 0.3 is 11.9 Å². The molecule has 1 fully saturated rings. The van der Waals surface area contributed by atoms with E-state index in [0.29, 0.717) is 38.2 Å². The number of amides is 3. The number of nitrogens with zero attached hydrogens (tertiary/aromatic N) is 2. The number of benzene rings is 2. The Labute approximate surface area is 329 Å². The Kier molecular flexibility index (Phi) is 20.9. The highest BCUT2D eigenvalue weighted by atomic mass is 16.6. The maximum Gasteiger partial charge on any atom is 0.338 e. The van der Waals surface area contributed by atoms with E-state index < -0.39 is 29.4 Å². The van der Waals surface area contributed by atoms with E-state index in [2.05, 4.69) is 24.4 Å². The highest BCUT2D eigenvalue weighted by molar-refractivity contribution is 5.93. The smallest absolute Gasteiger partial charge is 0.338 e. The zero-order valence-electron chi connectivity index (χ0n) is 33.6. The van der Waals surface area contributed by atoms with Crippen molar-refractivity contribution in [2.24, 2.45) is 5.41 Å². The molecule has 2 aromatic carbocycles. The van der Waals surface area contributed by atoms with Crippen LogP contribution in [-0.4, -0.2) is 84.9 Å². The number of hydrogen-bond donors (Lipinski definition) is 1. The van der Waals surface area contributed by atoms with Crippen molar-refractivity contribution in [3.05, 3.63) is 83.9 Å². The number of carbonyl (C=O) groups excluding carboxylic acids is 5. The second-order valence-corrected chi connectivity index (χ2v) is 15.2. The number of allylic oxidation sites excluding steroid dienone is 2.